The summed E-state index contributed by atoms with van der Waals surface area (Å²) < 4.78 is 6.92. The number of rotatable bonds is 5. The molecule has 4 heteroatoms. The van der Waals surface area contributed by atoms with Gasteiger partial charge in [0.15, 0.2) is 8.07 Å². The molecular weight excluding hydrogens is 633 g/mol. The summed E-state index contributed by atoms with van der Waals surface area (Å²) in [5.41, 5.74) is 14.9. The predicted octanol–water partition coefficient (Wildman–Crippen LogP) is 9.79. The van der Waals surface area contributed by atoms with Crippen molar-refractivity contribution >= 4 is 58.6 Å². The van der Waals surface area contributed by atoms with Crippen molar-refractivity contribution < 1.29 is 4.74 Å². The molecule has 5 aromatic carbocycles. The molecule has 0 bridgehead atoms. The molecular formula is C47H50BNOSi. The van der Waals surface area contributed by atoms with Crippen molar-refractivity contribution in [2.24, 2.45) is 0 Å². The lowest BCUT2D eigenvalue weighted by atomic mass is 9.34. The first-order chi connectivity index (χ1) is 24.5. The van der Waals surface area contributed by atoms with Crippen LogP contribution < -0.4 is 36.4 Å². The van der Waals surface area contributed by atoms with Crippen molar-refractivity contribution in [3.8, 4) is 11.5 Å². The minimum atomic E-state index is -2.36. The van der Waals surface area contributed by atoms with E-state index in [0.717, 1.165) is 17.2 Å². The van der Waals surface area contributed by atoms with Gasteiger partial charge in [-0.25, -0.2) is 0 Å². The van der Waals surface area contributed by atoms with Crippen LogP contribution in [0.25, 0.3) is 0 Å². The minimum Gasteiger partial charge on any atom is -0.458 e. The van der Waals surface area contributed by atoms with Gasteiger partial charge in [-0.05, 0) is 108 Å². The molecule has 1 spiro atoms. The third kappa shape index (κ3) is 4.82. The number of allylic oxidation sites excluding steroid dienone is 4. The lowest BCUT2D eigenvalue weighted by Crippen LogP contribution is -2.64. The fourth-order valence-electron chi connectivity index (χ4n) is 9.48. The molecule has 5 aromatic rings. The normalized spacial score (nSPS) is 15.9. The molecule has 3 heterocycles. The van der Waals surface area contributed by atoms with Gasteiger partial charge in [-0.15, -0.1) is 0 Å². The van der Waals surface area contributed by atoms with Crippen molar-refractivity contribution in [3.05, 3.63) is 141 Å². The van der Waals surface area contributed by atoms with E-state index in [4.69, 9.17) is 4.74 Å². The fourth-order valence-corrected chi connectivity index (χ4v) is 15.3. The summed E-state index contributed by atoms with van der Waals surface area (Å²) in [7, 11) is -2.36. The molecule has 0 radical (unpaired) electrons. The smallest absolute Gasteiger partial charge is 0.251 e. The van der Waals surface area contributed by atoms with E-state index in [1.807, 2.05) is 0 Å². The molecule has 0 unspecified atom stereocenters. The van der Waals surface area contributed by atoms with Gasteiger partial charge in [0.2, 0.25) is 0 Å². The Bertz CT molecular complexity index is 2190. The van der Waals surface area contributed by atoms with Crippen LogP contribution in [-0.2, 0) is 0 Å². The molecule has 51 heavy (non-hydrogen) atoms. The largest absolute Gasteiger partial charge is 0.458 e. The Morgan fingerprint density at radius 1 is 0.549 bits per heavy atom. The minimum absolute atomic E-state index is 0.0802. The van der Waals surface area contributed by atoms with E-state index in [1.165, 1.54) is 66.0 Å². The number of fused-ring (bicyclic) bond motifs is 6. The van der Waals surface area contributed by atoms with Gasteiger partial charge >= 0.3 is 0 Å². The van der Waals surface area contributed by atoms with E-state index >= 15 is 0 Å². The standard InChI is InChI=1S/C47H50BNOSi/c1-28(2)35-25-37(29(3)4)47(38(26-35)30(5)6)48-39-17-11-14-20-43(39)50-44-27-36(23-24-40(44)48)49-41-18-12-15-21-45(41)51(46-22-16-13-19-42(46)49)33(9)31(7)32(8)34(51)10/h11-30H,1-10H3. The average Bonchev–Trinajstić information content (AvgIpc) is 3.29. The Balaban J connectivity index is 1.36. The first-order valence-corrected chi connectivity index (χ1v) is 20.9. The van der Waals surface area contributed by atoms with Crippen LogP contribution in [0.3, 0.4) is 0 Å². The van der Waals surface area contributed by atoms with Gasteiger partial charge in [0.05, 0.1) is 0 Å². The van der Waals surface area contributed by atoms with E-state index in [9.17, 15) is 0 Å². The Morgan fingerprint density at radius 2 is 1.06 bits per heavy atom. The Labute approximate surface area is 307 Å². The number of ether oxygens (including phenoxy) is 1. The van der Waals surface area contributed by atoms with Gasteiger partial charge in [0, 0.05) is 23.1 Å². The highest BCUT2D eigenvalue weighted by Gasteiger charge is 2.52. The lowest BCUT2D eigenvalue weighted by molar-refractivity contribution is 0.487. The fraction of sp³-hybridized carbons (Fsp3) is 0.277. The van der Waals surface area contributed by atoms with Gasteiger partial charge in [0.1, 0.15) is 11.5 Å². The second-order valence-electron chi connectivity index (χ2n) is 16.0. The number of nitrogens with zero attached hydrogens (tertiary/aromatic N) is 1. The second-order valence-corrected chi connectivity index (χ2v) is 20.1. The maximum Gasteiger partial charge on any atom is 0.251 e. The van der Waals surface area contributed by atoms with Gasteiger partial charge in [-0.3, -0.25) is 0 Å². The molecule has 8 rings (SSSR count). The number of hydrogen-bond donors (Lipinski definition) is 0. The Hall–Kier alpha value is -4.54. The summed E-state index contributed by atoms with van der Waals surface area (Å²) in [6.07, 6.45) is 0. The third-order valence-electron chi connectivity index (χ3n) is 12.4. The average molecular weight is 684 g/mol. The van der Waals surface area contributed by atoms with Crippen molar-refractivity contribution in [3.63, 3.8) is 0 Å². The third-order valence-corrected chi connectivity index (χ3v) is 17.9. The highest BCUT2D eigenvalue weighted by molar-refractivity contribution is 7.14. The summed E-state index contributed by atoms with van der Waals surface area (Å²) in [6.45, 7) is 23.6. The summed E-state index contributed by atoms with van der Waals surface area (Å²) in [5, 5.41) is 6.08. The lowest BCUT2D eigenvalue weighted by Gasteiger charge is -2.44. The van der Waals surface area contributed by atoms with Crippen molar-refractivity contribution in [2.45, 2.75) is 87.0 Å². The molecule has 0 fully saturated rings. The molecule has 256 valence electrons. The molecule has 0 atom stereocenters. The highest BCUT2D eigenvalue weighted by atomic mass is 28.3. The van der Waals surface area contributed by atoms with Gasteiger partial charge < -0.3 is 9.64 Å². The molecule has 3 aliphatic rings. The zero-order valence-electron chi connectivity index (χ0n) is 32.0. The second kappa shape index (κ2) is 12.3. The summed E-state index contributed by atoms with van der Waals surface area (Å²) in [4.78, 5) is 2.50. The number of hydrogen-bond acceptors (Lipinski definition) is 2. The Kier molecular flexibility index (Phi) is 8.11. The zero-order valence-corrected chi connectivity index (χ0v) is 33.0. The summed E-state index contributed by atoms with van der Waals surface area (Å²) in [6, 6.07) is 39.1. The molecule has 0 amide bonds. The molecule has 0 saturated heterocycles. The van der Waals surface area contributed by atoms with Crippen LogP contribution in [0.1, 0.15) is 104 Å². The van der Waals surface area contributed by atoms with E-state index < -0.39 is 8.07 Å². The predicted molar refractivity (Wildman–Crippen MR) is 223 cm³/mol. The summed E-state index contributed by atoms with van der Waals surface area (Å²) >= 11 is 0. The number of anilines is 3. The molecule has 2 nitrogen and oxygen atoms in total. The summed E-state index contributed by atoms with van der Waals surface area (Å²) in [5.74, 6) is 3.16. The first kappa shape index (κ1) is 33.6. The van der Waals surface area contributed by atoms with Crippen LogP contribution in [0.15, 0.2) is 125 Å². The van der Waals surface area contributed by atoms with Crippen LogP contribution in [0.5, 0.6) is 11.5 Å². The molecule has 3 aliphatic heterocycles. The SMILES string of the molecule is CC1=C(C)[Si]2(C(C)=C1C)c1ccccc1N(c1ccc3c(c1)Oc1ccccc1B3c1c(C(C)C)cc(C(C)C)cc1C(C)C)c1ccccc12. The number of benzene rings is 5. The molecule has 0 aliphatic carbocycles. The topological polar surface area (TPSA) is 12.5 Å². The van der Waals surface area contributed by atoms with Crippen LogP contribution >= 0.6 is 0 Å². The number of para-hydroxylation sites is 3. The maximum absolute atomic E-state index is 6.92. The van der Waals surface area contributed by atoms with Crippen LogP contribution in [0.2, 0.25) is 0 Å². The van der Waals surface area contributed by atoms with Crippen LogP contribution in [0.4, 0.5) is 17.1 Å². The van der Waals surface area contributed by atoms with Crippen LogP contribution in [-0.4, -0.2) is 14.8 Å². The van der Waals surface area contributed by atoms with Crippen molar-refractivity contribution in [1.29, 1.82) is 0 Å². The zero-order chi connectivity index (χ0) is 35.9. The Morgan fingerprint density at radius 3 is 1.61 bits per heavy atom. The van der Waals surface area contributed by atoms with E-state index in [-0.39, 0.29) is 6.71 Å². The van der Waals surface area contributed by atoms with Gasteiger partial charge in [-0.1, -0.05) is 141 Å². The maximum atomic E-state index is 6.92. The molecule has 0 aromatic heterocycles. The van der Waals surface area contributed by atoms with Gasteiger partial charge in [0.25, 0.3) is 6.71 Å². The highest BCUT2D eigenvalue weighted by Crippen LogP contribution is 2.47. The molecule has 0 N–H and O–H groups in total. The van der Waals surface area contributed by atoms with E-state index in [1.54, 1.807) is 10.4 Å². The first-order valence-electron chi connectivity index (χ1n) is 18.9. The molecule has 0 saturated carbocycles. The van der Waals surface area contributed by atoms with Crippen molar-refractivity contribution in [1.82, 2.24) is 0 Å². The van der Waals surface area contributed by atoms with E-state index in [2.05, 4.69) is 177 Å². The van der Waals surface area contributed by atoms with E-state index in [0.29, 0.717) is 17.8 Å². The van der Waals surface area contributed by atoms with Crippen LogP contribution in [0, 0.1) is 0 Å². The van der Waals surface area contributed by atoms with Crippen molar-refractivity contribution in [2.75, 3.05) is 4.90 Å². The monoisotopic (exact) mass is 683 g/mol. The quantitative estimate of drug-likeness (QED) is 0.168. The van der Waals surface area contributed by atoms with Gasteiger partial charge in [-0.2, -0.15) is 0 Å².